The molecule has 2 rings (SSSR count). The summed E-state index contributed by atoms with van der Waals surface area (Å²) in [6, 6.07) is 1.64. The van der Waals surface area contributed by atoms with Crippen LogP contribution in [0.4, 0.5) is 13.2 Å². The van der Waals surface area contributed by atoms with Crippen LogP contribution in [0.2, 0.25) is 5.02 Å². The number of hydrogen-bond acceptors (Lipinski definition) is 8. The molecule has 2 N–H and O–H groups in total. The number of nitrogen functional groups attached to an aromatic ring is 1. The zero-order chi connectivity index (χ0) is 25.1. The standard InChI is InChI=1S/C19H19ClF3N3O7/c1-19(2,17(29)32-5-4-31-3)33-16(28)9-6-12(11(21)7-10(9)20)25-14(27)8-13(15(22)23)26(24)18(25)30/h6-8,15H,4-5,24H2,1-3H3. The molecule has 0 aliphatic carbocycles. The molecule has 1 aromatic carbocycles. The van der Waals surface area contributed by atoms with E-state index in [4.69, 9.17) is 31.7 Å². The first-order chi connectivity index (χ1) is 15.3. The van der Waals surface area contributed by atoms with Crippen molar-refractivity contribution in [1.29, 1.82) is 0 Å². The van der Waals surface area contributed by atoms with E-state index in [1.807, 2.05) is 0 Å². The van der Waals surface area contributed by atoms with Crippen LogP contribution in [0.5, 0.6) is 0 Å². The van der Waals surface area contributed by atoms with Crippen LogP contribution in [0, 0.1) is 5.82 Å². The first kappa shape index (κ1) is 25.9. The van der Waals surface area contributed by atoms with Crippen LogP contribution in [0.1, 0.15) is 36.3 Å². The number of carbonyl (C=O) groups excluding carboxylic acids is 2. The van der Waals surface area contributed by atoms with Gasteiger partial charge >= 0.3 is 17.6 Å². The van der Waals surface area contributed by atoms with Crippen LogP contribution in [0.25, 0.3) is 5.69 Å². The molecule has 10 nitrogen and oxygen atoms in total. The number of methoxy groups -OCH3 is 1. The van der Waals surface area contributed by atoms with E-state index in [0.717, 1.165) is 0 Å². The van der Waals surface area contributed by atoms with Gasteiger partial charge in [-0.1, -0.05) is 11.6 Å². The van der Waals surface area contributed by atoms with Gasteiger partial charge in [-0.25, -0.2) is 36.8 Å². The van der Waals surface area contributed by atoms with Crippen LogP contribution < -0.4 is 17.1 Å². The average molecular weight is 494 g/mol. The van der Waals surface area contributed by atoms with Crippen molar-refractivity contribution in [1.82, 2.24) is 9.24 Å². The first-order valence-electron chi connectivity index (χ1n) is 9.13. The van der Waals surface area contributed by atoms with Gasteiger partial charge in [0.2, 0.25) is 5.60 Å². The van der Waals surface area contributed by atoms with Crippen molar-refractivity contribution >= 4 is 23.5 Å². The Morgan fingerprint density at radius 1 is 1.18 bits per heavy atom. The van der Waals surface area contributed by atoms with E-state index < -0.39 is 63.0 Å². The highest BCUT2D eigenvalue weighted by Gasteiger charge is 2.35. The molecule has 2 aromatic rings. The fourth-order valence-corrected chi connectivity index (χ4v) is 2.78. The van der Waals surface area contributed by atoms with Crippen LogP contribution in [0.15, 0.2) is 27.8 Å². The second-order valence-electron chi connectivity index (χ2n) is 7.01. The van der Waals surface area contributed by atoms with Gasteiger partial charge in [0.15, 0.2) is 0 Å². The number of carbonyl (C=O) groups is 2. The number of rotatable bonds is 8. The Bertz CT molecular complexity index is 1190. The van der Waals surface area contributed by atoms with E-state index in [9.17, 15) is 32.3 Å². The van der Waals surface area contributed by atoms with Crippen molar-refractivity contribution in [3.8, 4) is 5.69 Å². The number of alkyl halides is 2. The van der Waals surface area contributed by atoms with Gasteiger partial charge in [0.1, 0.15) is 18.1 Å². The van der Waals surface area contributed by atoms with Crippen LogP contribution >= 0.6 is 11.6 Å². The van der Waals surface area contributed by atoms with Crippen LogP contribution in [0.3, 0.4) is 0 Å². The summed E-state index contributed by atoms with van der Waals surface area (Å²) in [4.78, 5) is 49.4. The molecule has 0 unspecified atom stereocenters. The Balaban J connectivity index is 2.49. The van der Waals surface area contributed by atoms with Crippen molar-refractivity contribution in [2.45, 2.75) is 25.9 Å². The third kappa shape index (κ3) is 5.54. The van der Waals surface area contributed by atoms with E-state index in [0.29, 0.717) is 18.2 Å². The Kier molecular flexibility index (Phi) is 7.93. The summed E-state index contributed by atoms with van der Waals surface area (Å²) in [5, 5.41) is -0.477. The molecule has 33 heavy (non-hydrogen) atoms. The van der Waals surface area contributed by atoms with E-state index in [-0.39, 0.29) is 22.5 Å². The molecule has 0 spiro atoms. The van der Waals surface area contributed by atoms with Crippen LogP contribution in [-0.2, 0) is 19.0 Å². The molecular weight excluding hydrogens is 475 g/mol. The fraction of sp³-hybridized carbons (Fsp3) is 0.368. The second-order valence-corrected chi connectivity index (χ2v) is 7.42. The van der Waals surface area contributed by atoms with Gasteiger partial charge in [-0.2, -0.15) is 0 Å². The predicted molar refractivity (Wildman–Crippen MR) is 109 cm³/mol. The maximum Gasteiger partial charge on any atom is 0.354 e. The molecule has 0 radical (unpaired) electrons. The highest BCUT2D eigenvalue weighted by Crippen LogP contribution is 2.25. The number of halogens is 4. The number of nitrogens with two attached hydrogens (primary N) is 1. The van der Waals surface area contributed by atoms with E-state index in [1.54, 1.807) is 0 Å². The molecule has 1 aromatic heterocycles. The van der Waals surface area contributed by atoms with Crippen molar-refractivity contribution in [2.24, 2.45) is 0 Å². The summed E-state index contributed by atoms with van der Waals surface area (Å²) in [6.07, 6.45) is -3.25. The first-order valence-corrected chi connectivity index (χ1v) is 9.50. The number of nitrogens with zero attached hydrogens (tertiary/aromatic N) is 2. The summed E-state index contributed by atoms with van der Waals surface area (Å²) in [6.45, 7) is 2.43. The molecule has 0 aliphatic rings. The number of benzene rings is 1. The number of esters is 2. The topological polar surface area (TPSA) is 132 Å². The van der Waals surface area contributed by atoms with Gasteiger partial charge in [-0.3, -0.25) is 4.79 Å². The molecule has 0 atom stereocenters. The molecule has 14 heteroatoms. The van der Waals surface area contributed by atoms with Gasteiger partial charge in [0.05, 0.1) is 22.9 Å². The molecule has 0 aliphatic heterocycles. The number of aromatic nitrogens is 2. The lowest BCUT2D eigenvalue weighted by atomic mass is 10.1. The minimum absolute atomic E-state index is 0.0305. The third-order valence-corrected chi connectivity index (χ3v) is 4.56. The largest absolute Gasteiger partial charge is 0.460 e. The maximum absolute atomic E-state index is 14.6. The predicted octanol–water partition coefficient (Wildman–Crippen LogP) is 1.57. The molecule has 0 amide bonds. The normalized spacial score (nSPS) is 11.5. The highest BCUT2D eigenvalue weighted by molar-refractivity contribution is 6.33. The van der Waals surface area contributed by atoms with E-state index in [2.05, 4.69) is 0 Å². The second kappa shape index (κ2) is 10.1. The highest BCUT2D eigenvalue weighted by atomic mass is 35.5. The average Bonchev–Trinajstić information content (AvgIpc) is 2.71. The summed E-state index contributed by atoms with van der Waals surface area (Å²) in [5.41, 5.74) is -7.06. The smallest absolute Gasteiger partial charge is 0.354 e. The minimum atomic E-state index is -3.25. The van der Waals surface area contributed by atoms with E-state index >= 15 is 0 Å². The number of hydrogen-bond donors (Lipinski definition) is 1. The Morgan fingerprint density at radius 3 is 2.39 bits per heavy atom. The van der Waals surface area contributed by atoms with Gasteiger partial charge in [-0.15, -0.1) is 0 Å². The van der Waals surface area contributed by atoms with Gasteiger partial charge in [-0.05, 0) is 26.0 Å². The zero-order valence-corrected chi connectivity index (χ0v) is 18.3. The quantitative estimate of drug-likeness (QED) is 0.333. The lowest BCUT2D eigenvalue weighted by molar-refractivity contribution is -0.163. The van der Waals surface area contributed by atoms with Crippen molar-refractivity contribution in [3.05, 3.63) is 61.1 Å². The minimum Gasteiger partial charge on any atom is -0.460 e. The van der Waals surface area contributed by atoms with E-state index in [1.165, 1.54) is 21.0 Å². The van der Waals surface area contributed by atoms with Gasteiger partial charge in [0, 0.05) is 13.2 Å². The Labute approximate surface area is 189 Å². The zero-order valence-electron chi connectivity index (χ0n) is 17.6. The molecule has 0 saturated heterocycles. The molecular formula is C19H19ClF3N3O7. The van der Waals surface area contributed by atoms with Crippen molar-refractivity contribution < 1.29 is 37.0 Å². The monoisotopic (exact) mass is 493 g/mol. The Hall–Kier alpha value is -3.32. The molecule has 0 bridgehead atoms. The van der Waals surface area contributed by atoms with Crippen molar-refractivity contribution in [3.63, 3.8) is 0 Å². The fourth-order valence-electron chi connectivity index (χ4n) is 2.55. The van der Waals surface area contributed by atoms with Crippen molar-refractivity contribution in [2.75, 3.05) is 26.2 Å². The molecule has 1 heterocycles. The summed E-state index contributed by atoms with van der Waals surface area (Å²) >= 11 is 5.90. The molecule has 0 fully saturated rings. The van der Waals surface area contributed by atoms with Gasteiger partial charge in [0.25, 0.3) is 12.0 Å². The summed E-state index contributed by atoms with van der Waals surface area (Å²) < 4.78 is 55.3. The maximum atomic E-state index is 14.6. The lowest BCUT2D eigenvalue weighted by Gasteiger charge is -2.23. The lowest BCUT2D eigenvalue weighted by Crippen LogP contribution is -2.44. The molecule has 0 saturated carbocycles. The van der Waals surface area contributed by atoms with Crippen LogP contribution in [-0.4, -0.2) is 47.1 Å². The molecule has 180 valence electrons. The summed E-state index contributed by atoms with van der Waals surface area (Å²) in [5.74, 6) is 1.92. The Morgan fingerprint density at radius 2 is 1.82 bits per heavy atom. The SMILES string of the molecule is COCCOC(=O)C(C)(C)OC(=O)c1cc(-n2c(=O)cc(C(F)F)n(N)c2=O)c(F)cc1Cl. The third-order valence-electron chi connectivity index (χ3n) is 4.25. The summed E-state index contributed by atoms with van der Waals surface area (Å²) in [7, 11) is 1.39. The number of ether oxygens (including phenoxy) is 3. The van der Waals surface area contributed by atoms with Gasteiger partial charge < -0.3 is 20.1 Å².